The van der Waals surface area contributed by atoms with E-state index >= 15 is 0 Å². The number of carboxylic acid groups (broad SMARTS) is 1. The first-order valence-corrected chi connectivity index (χ1v) is 3.49. The van der Waals surface area contributed by atoms with E-state index < -0.39 is 5.97 Å². The Bertz CT molecular complexity index is 59.9. The minimum Gasteiger partial charge on any atom is -0.481 e. The summed E-state index contributed by atoms with van der Waals surface area (Å²) in [6, 6.07) is 0. The fraction of sp³-hybridized carbons (Fsp3) is 0.857. The molecule has 0 saturated heterocycles. The Morgan fingerprint density at radius 1 is 1.44 bits per heavy atom. The summed E-state index contributed by atoms with van der Waals surface area (Å²) in [5.41, 5.74) is 0. The van der Waals surface area contributed by atoms with Crippen molar-refractivity contribution in [1.29, 1.82) is 0 Å². The van der Waals surface area contributed by atoms with Crippen LogP contribution in [0.3, 0.4) is 0 Å². The molecule has 0 amide bonds. The average molecular weight is 132 g/mol. The van der Waals surface area contributed by atoms with Crippen LogP contribution in [-0.2, 0) is 4.79 Å². The van der Waals surface area contributed by atoms with Gasteiger partial charge in [0.2, 0.25) is 0 Å². The zero-order valence-corrected chi connectivity index (χ0v) is 6.48. The predicted molar refractivity (Wildman–Crippen MR) is 38.5 cm³/mol. The van der Waals surface area contributed by atoms with Crippen molar-refractivity contribution in [3.63, 3.8) is 0 Å². The van der Waals surface area contributed by atoms with Gasteiger partial charge in [-0.3, -0.25) is 4.79 Å². The van der Waals surface area contributed by atoms with E-state index in [0.717, 1.165) is 12.8 Å². The van der Waals surface area contributed by atoms with Gasteiger partial charge in [-0.2, -0.15) is 0 Å². The molecule has 0 atom stereocenters. The van der Waals surface area contributed by atoms with Crippen molar-refractivity contribution in [2.24, 2.45) is 0 Å². The molecule has 56 valence electrons. The molecule has 0 aromatic heterocycles. The molecule has 0 aliphatic carbocycles. The number of carboxylic acids is 1. The molecule has 0 aliphatic heterocycles. The fourth-order valence-electron chi connectivity index (χ4n) is 0.328. The summed E-state index contributed by atoms with van der Waals surface area (Å²) in [7, 11) is 0. The molecule has 1 N–H and O–H groups in total. The van der Waals surface area contributed by atoms with Gasteiger partial charge >= 0.3 is 5.97 Å². The highest BCUT2D eigenvalue weighted by molar-refractivity contribution is 5.66. The minimum atomic E-state index is -0.693. The highest BCUT2D eigenvalue weighted by atomic mass is 16.4. The molecule has 0 aromatic carbocycles. The summed E-state index contributed by atoms with van der Waals surface area (Å²) in [4.78, 5) is 9.76. The summed E-state index contributed by atoms with van der Waals surface area (Å²) in [6.45, 7) is 5.98. The summed E-state index contributed by atoms with van der Waals surface area (Å²) in [5, 5.41) is 8.04. The molecule has 2 heteroatoms. The number of unbranched alkanes of at least 4 members (excludes halogenated alkanes) is 1. The molecule has 2 nitrogen and oxygen atoms in total. The van der Waals surface area contributed by atoms with E-state index in [9.17, 15) is 4.79 Å². The van der Waals surface area contributed by atoms with E-state index in [1.54, 1.807) is 0 Å². The fourth-order valence-corrected chi connectivity index (χ4v) is 0.328. The molecule has 0 heterocycles. The number of hydrogen-bond donors (Lipinski definition) is 1. The number of carbonyl (C=O) groups is 1. The molecule has 0 bridgehead atoms. The van der Waals surface area contributed by atoms with Gasteiger partial charge in [0.05, 0.1) is 0 Å². The van der Waals surface area contributed by atoms with Crippen LogP contribution in [-0.4, -0.2) is 11.1 Å². The van der Waals surface area contributed by atoms with Crippen molar-refractivity contribution in [3.05, 3.63) is 0 Å². The van der Waals surface area contributed by atoms with Gasteiger partial charge in [-0.05, 0) is 6.42 Å². The van der Waals surface area contributed by atoms with Gasteiger partial charge in [-0.1, -0.05) is 27.2 Å². The van der Waals surface area contributed by atoms with Crippen LogP contribution in [0.15, 0.2) is 0 Å². The second-order valence-electron chi connectivity index (χ2n) is 1.50. The summed E-state index contributed by atoms with van der Waals surface area (Å²) < 4.78 is 0. The topological polar surface area (TPSA) is 37.3 Å². The van der Waals surface area contributed by atoms with Gasteiger partial charge in [0, 0.05) is 6.42 Å². The van der Waals surface area contributed by atoms with Crippen LogP contribution in [0.1, 0.15) is 40.0 Å². The third-order valence-corrected chi connectivity index (χ3v) is 0.744. The number of hydrogen-bond acceptors (Lipinski definition) is 1. The average Bonchev–Trinajstić information content (AvgIpc) is 1.88. The van der Waals surface area contributed by atoms with Crippen LogP contribution >= 0.6 is 0 Å². The SMILES string of the molecule is CC.CCCCC(=O)O. The molecule has 0 aliphatic rings. The summed E-state index contributed by atoms with van der Waals surface area (Å²) in [5.74, 6) is -0.693. The van der Waals surface area contributed by atoms with Gasteiger partial charge in [-0.15, -0.1) is 0 Å². The van der Waals surface area contributed by atoms with Crippen LogP contribution in [0, 0.1) is 0 Å². The number of aliphatic carboxylic acids is 1. The third kappa shape index (κ3) is 18.6. The van der Waals surface area contributed by atoms with E-state index in [2.05, 4.69) is 0 Å². The van der Waals surface area contributed by atoms with Crippen molar-refractivity contribution in [2.45, 2.75) is 40.0 Å². The zero-order chi connectivity index (χ0) is 7.70. The lowest BCUT2D eigenvalue weighted by Gasteiger charge is -1.85. The second-order valence-corrected chi connectivity index (χ2v) is 1.50. The largest absolute Gasteiger partial charge is 0.481 e. The first-order chi connectivity index (χ1) is 4.27. The van der Waals surface area contributed by atoms with Crippen molar-refractivity contribution in [3.8, 4) is 0 Å². The van der Waals surface area contributed by atoms with E-state index in [4.69, 9.17) is 5.11 Å². The van der Waals surface area contributed by atoms with Crippen molar-refractivity contribution < 1.29 is 9.90 Å². The molecule has 0 rings (SSSR count). The van der Waals surface area contributed by atoms with Gasteiger partial charge in [-0.25, -0.2) is 0 Å². The third-order valence-electron chi connectivity index (χ3n) is 0.744. The van der Waals surface area contributed by atoms with Crippen LogP contribution < -0.4 is 0 Å². The van der Waals surface area contributed by atoms with E-state index in [0.29, 0.717) is 6.42 Å². The summed E-state index contributed by atoms with van der Waals surface area (Å²) >= 11 is 0. The maximum Gasteiger partial charge on any atom is 0.303 e. The van der Waals surface area contributed by atoms with Gasteiger partial charge in [0.15, 0.2) is 0 Å². The molecule has 0 radical (unpaired) electrons. The molecule has 0 spiro atoms. The smallest absolute Gasteiger partial charge is 0.303 e. The Hall–Kier alpha value is -0.530. The zero-order valence-electron chi connectivity index (χ0n) is 6.48. The van der Waals surface area contributed by atoms with Crippen molar-refractivity contribution in [2.75, 3.05) is 0 Å². The van der Waals surface area contributed by atoms with E-state index in [-0.39, 0.29) is 0 Å². The van der Waals surface area contributed by atoms with Crippen molar-refractivity contribution in [1.82, 2.24) is 0 Å². The maximum absolute atomic E-state index is 9.76. The van der Waals surface area contributed by atoms with E-state index in [1.807, 2.05) is 20.8 Å². The molecular weight excluding hydrogens is 116 g/mol. The van der Waals surface area contributed by atoms with Gasteiger partial charge in [0.1, 0.15) is 0 Å². The van der Waals surface area contributed by atoms with Gasteiger partial charge in [0.25, 0.3) is 0 Å². The normalized spacial score (nSPS) is 7.44. The monoisotopic (exact) mass is 132 g/mol. The maximum atomic E-state index is 9.76. The Morgan fingerprint density at radius 3 is 2.00 bits per heavy atom. The molecule has 0 aromatic rings. The Balaban J connectivity index is 0. The molecule has 0 unspecified atom stereocenters. The summed E-state index contributed by atoms with van der Waals surface area (Å²) in [6.07, 6.45) is 2.08. The predicted octanol–water partition coefficient (Wildman–Crippen LogP) is 2.29. The van der Waals surface area contributed by atoms with Crippen LogP contribution in [0.4, 0.5) is 0 Å². The standard InChI is InChI=1S/C5H10O2.C2H6/c1-2-3-4-5(6)7;1-2/h2-4H2,1H3,(H,6,7);1-2H3. The van der Waals surface area contributed by atoms with Crippen LogP contribution in [0.25, 0.3) is 0 Å². The van der Waals surface area contributed by atoms with Gasteiger partial charge < -0.3 is 5.11 Å². The van der Waals surface area contributed by atoms with E-state index in [1.165, 1.54) is 0 Å². The Labute approximate surface area is 56.9 Å². The molecule has 0 fully saturated rings. The van der Waals surface area contributed by atoms with Crippen molar-refractivity contribution >= 4 is 5.97 Å². The Kier molecular flexibility index (Phi) is 13.1. The van der Waals surface area contributed by atoms with Crippen LogP contribution in [0.2, 0.25) is 0 Å². The highest BCUT2D eigenvalue weighted by Crippen LogP contribution is 1.91. The first-order valence-electron chi connectivity index (χ1n) is 3.49. The highest BCUT2D eigenvalue weighted by Gasteiger charge is 1.90. The quantitative estimate of drug-likeness (QED) is 0.639. The molecule has 9 heavy (non-hydrogen) atoms. The minimum absolute atomic E-state index is 0.316. The lowest BCUT2D eigenvalue weighted by molar-refractivity contribution is -0.137. The van der Waals surface area contributed by atoms with Crippen LogP contribution in [0.5, 0.6) is 0 Å². The molecule has 0 saturated carbocycles. The Morgan fingerprint density at radius 2 is 1.89 bits per heavy atom. The second kappa shape index (κ2) is 10.5. The molecular formula is C7H16O2. The lowest BCUT2D eigenvalue weighted by atomic mass is 10.3. The lowest BCUT2D eigenvalue weighted by Crippen LogP contribution is -1.91. The first kappa shape index (κ1) is 11.3. The number of rotatable bonds is 3.